The van der Waals surface area contributed by atoms with Crippen LogP contribution in [0.4, 0.5) is 5.69 Å². The summed E-state index contributed by atoms with van der Waals surface area (Å²) in [5.74, 6) is 4.99. The van der Waals surface area contributed by atoms with Gasteiger partial charge < -0.3 is 11.4 Å². The first kappa shape index (κ1) is 38.6. The number of anilines is 1. The SMILES string of the molecule is CCN(CCCC1C(O)C(S)C(C)(C)[C@@H]2CC[C@]3(C)[C@H](CC[C@@H]4[C@@H]5[C@@H](C)[C@H](C)CC[C@]5(C)CC[C@]43C)[C@@]12C)c1cc(C)cc(C)c1.[H-].[Na+]. The summed E-state index contributed by atoms with van der Waals surface area (Å²) in [5.41, 5.74) is 5.45. The fourth-order valence-corrected chi connectivity index (χ4v) is 14.9. The van der Waals surface area contributed by atoms with Gasteiger partial charge in [0, 0.05) is 24.0 Å². The van der Waals surface area contributed by atoms with E-state index in [4.69, 9.17) is 12.6 Å². The van der Waals surface area contributed by atoms with Gasteiger partial charge >= 0.3 is 29.6 Å². The van der Waals surface area contributed by atoms with Crippen LogP contribution in [0, 0.1) is 82.3 Å². The van der Waals surface area contributed by atoms with Crippen molar-refractivity contribution in [1.82, 2.24) is 0 Å². The Balaban J connectivity index is 0.00000260. The largest absolute Gasteiger partial charge is 1.00 e. The molecule has 1 N–H and O–H groups in total. The zero-order valence-electron chi connectivity index (χ0n) is 33.8. The van der Waals surface area contributed by atoms with Crippen LogP contribution < -0.4 is 34.5 Å². The van der Waals surface area contributed by atoms with Crippen molar-refractivity contribution in [1.29, 1.82) is 0 Å². The van der Waals surface area contributed by atoms with Gasteiger partial charge in [0.25, 0.3) is 0 Å². The van der Waals surface area contributed by atoms with E-state index in [0.29, 0.717) is 34.0 Å². The first-order chi connectivity index (χ1) is 21.5. The molecule has 5 aliphatic rings. The van der Waals surface area contributed by atoms with Crippen molar-refractivity contribution in [2.24, 2.45) is 68.5 Å². The van der Waals surface area contributed by atoms with E-state index in [1.54, 1.807) is 0 Å². The van der Waals surface area contributed by atoms with Crippen LogP contribution in [0.15, 0.2) is 18.2 Å². The first-order valence-electron chi connectivity index (χ1n) is 19.6. The molecular weight excluding hydrogens is 602 g/mol. The fourth-order valence-electron chi connectivity index (χ4n) is 14.5. The normalized spacial score (nSPS) is 47.0. The first-order valence-corrected chi connectivity index (χ1v) is 20.2. The molecule has 4 heteroatoms. The van der Waals surface area contributed by atoms with Crippen molar-refractivity contribution in [3.63, 3.8) is 0 Å². The molecule has 262 valence electrons. The number of aliphatic hydroxyl groups is 1. The van der Waals surface area contributed by atoms with Crippen molar-refractivity contribution in [2.75, 3.05) is 18.0 Å². The summed E-state index contributed by atoms with van der Waals surface area (Å²) in [6.45, 7) is 29.8. The molecule has 6 rings (SSSR count). The number of benzene rings is 1. The average molecular weight is 674 g/mol. The van der Waals surface area contributed by atoms with E-state index in [9.17, 15) is 5.11 Å². The van der Waals surface area contributed by atoms with Gasteiger partial charge in [-0.25, -0.2) is 0 Å². The number of rotatable bonds is 6. The standard InChI is InChI=1S/C43H71NOS.Na.H/c1-12-44(31-25-27(2)24-28(3)26-31)23-13-14-33-37(45)38(46)39(6,7)34-18-20-42(10)35(43(33,34)11)16-15-32-36-30(5)29(4)17-19-40(36,8)21-22-41(32,42)9;;/h24-26,29-30,32-38,45-46H,12-23H2,1-11H3;;/q;+1;-1/t29-,30+,32-,33?,34+,35+,36+,37?,38?,40-,41-,42-,43+;;/m1../s1. The molecular formula is C43H72NNaOS. The van der Waals surface area contributed by atoms with Gasteiger partial charge in [0.2, 0.25) is 0 Å². The van der Waals surface area contributed by atoms with E-state index in [1.165, 1.54) is 68.2 Å². The molecule has 3 unspecified atom stereocenters. The zero-order chi connectivity index (χ0) is 33.6. The third-order valence-corrected chi connectivity index (χ3v) is 18.3. The maximum absolute atomic E-state index is 12.3. The van der Waals surface area contributed by atoms with Crippen molar-refractivity contribution in [2.45, 2.75) is 152 Å². The summed E-state index contributed by atoms with van der Waals surface area (Å²) < 4.78 is 0. The molecule has 0 radical (unpaired) electrons. The second-order valence-corrected chi connectivity index (χ2v) is 20.1. The van der Waals surface area contributed by atoms with Gasteiger partial charge in [-0.15, -0.1) is 0 Å². The van der Waals surface area contributed by atoms with Crippen LogP contribution in [-0.2, 0) is 0 Å². The number of nitrogens with zero attached hydrogens (tertiary/aromatic N) is 1. The van der Waals surface area contributed by atoms with Crippen LogP contribution in [0.2, 0.25) is 0 Å². The van der Waals surface area contributed by atoms with Gasteiger partial charge in [-0.1, -0.05) is 61.5 Å². The van der Waals surface area contributed by atoms with E-state index in [0.717, 1.165) is 49.6 Å². The molecule has 47 heavy (non-hydrogen) atoms. The molecule has 0 bridgehead atoms. The van der Waals surface area contributed by atoms with Crippen molar-refractivity contribution < 1.29 is 36.1 Å². The molecule has 0 aliphatic heterocycles. The Bertz CT molecular complexity index is 1270. The van der Waals surface area contributed by atoms with Gasteiger partial charge in [0.15, 0.2) is 0 Å². The topological polar surface area (TPSA) is 23.5 Å². The Labute approximate surface area is 320 Å². The van der Waals surface area contributed by atoms with E-state index in [-0.39, 0.29) is 53.2 Å². The van der Waals surface area contributed by atoms with Crippen molar-refractivity contribution >= 4 is 18.3 Å². The summed E-state index contributed by atoms with van der Waals surface area (Å²) >= 11 is 5.26. The smallest absolute Gasteiger partial charge is 1.00 e. The van der Waals surface area contributed by atoms with Crippen molar-refractivity contribution in [3.8, 4) is 0 Å². The van der Waals surface area contributed by atoms with Crippen LogP contribution in [0.25, 0.3) is 0 Å². The molecule has 0 spiro atoms. The van der Waals surface area contributed by atoms with E-state index >= 15 is 0 Å². The second kappa shape index (κ2) is 13.4. The monoisotopic (exact) mass is 674 g/mol. The Hall–Kier alpha value is 0.330. The molecule has 1 aromatic rings. The third-order valence-electron chi connectivity index (χ3n) is 17.3. The minimum Gasteiger partial charge on any atom is -1.00 e. The number of fused-ring (bicyclic) bond motifs is 7. The van der Waals surface area contributed by atoms with E-state index < -0.39 is 0 Å². The van der Waals surface area contributed by atoms with Crippen LogP contribution in [0.5, 0.6) is 0 Å². The number of aryl methyl sites for hydroxylation is 2. The molecule has 5 aliphatic carbocycles. The number of hydrogen-bond acceptors (Lipinski definition) is 3. The molecule has 5 saturated carbocycles. The maximum atomic E-state index is 12.3. The number of hydrogen-bond donors (Lipinski definition) is 2. The summed E-state index contributed by atoms with van der Waals surface area (Å²) in [7, 11) is 0. The van der Waals surface area contributed by atoms with Gasteiger partial charge in [-0.3, -0.25) is 0 Å². The van der Waals surface area contributed by atoms with Crippen LogP contribution in [0.1, 0.15) is 139 Å². The third kappa shape index (κ3) is 5.80. The van der Waals surface area contributed by atoms with Crippen LogP contribution >= 0.6 is 12.6 Å². The van der Waals surface area contributed by atoms with Crippen LogP contribution in [-0.4, -0.2) is 29.5 Å². The summed E-state index contributed by atoms with van der Waals surface area (Å²) in [5, 5.41) is 12.4. The summed E-state index contributed by atoms with van der Waals surface area (Å²) in [6, 6.07) is 6.98. The predicted molar refractivity (Wildman–Crippen MR) is 202 cm³/mol. The second-order valence-electron chi connectivity index (χ2n) is 19.5. The van der Waals surface area contributed by atoms with E-state index in [1.807, 2.05) is 0 Å². The van der Waals surface area contributed by atoms with Gasteiger partial charge in [0.1, 0.15) is 0 Å². The summed E-state index contributed by atoms with van der Waals surface area (Å²) in [6.07, 6.45) is 13.0. The minimum absolute atomic E-state index is 0. The Kier molecular flexibility index (Phi) is 11.0. The molecule has 0 aromatic heterocycles. The molecule has 13 atom stereocenters. The molecule has 0 saturated heterocycles. The Morgan fingerprint density at radius 1 is 0.851 bits per heavy atom. The fraction of sp³-hybridized carbons (Fsp3) is 0.860. The molecule has 2 nitrogen and oxygen atoms in total. The molecule has 5 fully saturated rings. The Morgan fingerprint density at radius 3 is 2.15 bits per heavy atom. The minimum atomic E-state index is -0.349. The molecule has 0 amide bonds. The van der Waals surface area contributed by atoms with Gasteiger partial charge in [-0.2, -0.15) is 12.6 Å². The predicted octanol–water partition coefficient (Wildman–Crippen LogP) is 8.28. The Morgan fingerprint density at radius 2 is 1.51 bits per heavy atom. The summed E-state index contributed by atoms with van der Waals surface area (Å²) in [4.78, 5) is 2.57. The quantitative estimate of drug-likeness (QED) is 0.235. The molecule has 0 heterocycles. The van der Waals surface area contributed by atoms with E-state index in [2.05, 4.69) is 99.3 Å². The zero-order valence-corrected chi connectivity index (χ0v) is 35.6. The van der Waals surface area contributed by atoms with Crippen LogP contribution in [0.3, 0.4) is 0 Å². The number of aliphatic hydroxyl groups excluding tert-OH is 1. The molecule has 1 aromatic carbocycles. The average Bonchev–Trinajstić information content (AvgIpc) is 2.98. The van der Waals surface area contributed by atoms with Gasteiger partial charge in [-0.05, 0) is 177 Å². The maximum Gasteiger partial charge on any atom is 1.00 e. The van der Waals surface area contributed by atoms with Gasteiger partial charge in [0.05, 0.1) is 6.10 Å². The number of thiol groups is 1. The van der Waals surface area contributed by atoms with Crippen molar-refractivity contribution in [3.05, 3.63) is 29.3 Å².